The number of nitrogen functional groups attached to an aromatic ring is 1. The summed E-state index contributed by atoms with van der Waals surface area (Å²) in [6, 6.07) is 14.0. The summed E-state index contributed by atoms with van der Waals surface area (Å²) in [5.74, 6) is -1.11. The Kier molecular flexibility index (Phi) is 7.14. The number of aromatic carboxylic acids is 1. The Morgan fingerprint density at radius 1 is 1.06 bits per heavy atom. The van der Waals surface area contributed by atoms with E-state index in [4.69, 9.17) is 19.8 Å². The van der Waals surface area contributed by atoms with Gasteiger partial charge in [0.2, 0.25) is 0 Å². The largest absolute Gasteiger partial charge is 0.492 e. The van der Waals surface area contributed by atoms with E-state index in [2.05, 4.69) is 5.32 Å². The molecule has 0 bridgehead atoms. The van der Waals surface area contributed by atoms with Gasteiger partial charge < -0.3 is 30.2 Å². The van der Waals surface area contributed by atoms with Crippen molar-refractivity contribution in [1.29, 1.82) is 0 Å². The Morgan fingerprint density at radius 2 is 1.70 bits per heavy atom. The lowest BCUT2D eigenvalue weighted by Crippen LogP contribution is -2.41. The Hall–Kier alpha value is -3.30. The Morgan fingerprint density at radius 3 is 2.30 bits per heavy atom. The van der Waals surface area contributed by atoms with Gasteiger partial charge in [-0.25, -0.2) is 9.59 Å². The third-order valence-electron chi connectivity index (χ3n) is 5.91. The standard InChI is InChI=1S/C24H29BN2O6/c1-23(2)24(3,4)33-25(32-23)17(13-19-18(21(28)29)11-8-12-20(19)26)14-27-22(30)31-15-16-9-6-5-7-10-16/h5-13H,14-15,26H2,1-4H3,(H,27,30)(H,28,29). The predicted molar refractivity (Wildman–Crippen MR) is 127 cm³/mol. The summed E-state index contributed by atoms with van der Waals surface area (Å²) >= 11 is 0. The smallest absolute Gasteiger partial charge is 0.478 e. The normalized spacial score (nSPS) is 17.0. The molecule has 1 fully saturated rings. The van der Waals surface area contributed by atoms with E-state index in [1.807, 2.05) is 58.0 Å². The zero-order valence-electron chi connectivity index (χ0n) is 19.3. The lowest BCUT2D eigenvalue weighted by atomic mass is 9.76. The molecule has 0 saturated carbocycles. The molecule has 8 nitrogen and oxygen atoms in total. The average molecular weight is 452 g/mol. The van der Waals surface area contributed by atoms with E-state index in [0.29, 0.717) is 11.0 Å². The van der Waals surface area contributed by atoms with Gasteiger partial charge in [-0.15, -0.1) is 0 Å². The van der Waals surface area contributed by atoms with Crippen LogP contribution in [0, 0.1) is 0 Å². The summed E-state index contributed by atoms with van der Waals surface area (Å²) in [4.78, 5) is 24.1. The van der Waals surface area contributed by atoms with E-state index in [-0.39, 0.29) is 24.4 Å². The number of rotatable bonds is 7. The van der Waals surface area contributed by atoms with Crippen LogP contribution in [0.2, 0.25) is 0 Å². The molecule has 3 rings (SSSR count). The number of benzene rings is 2. The number of alkyl carbamates (subject to hydrolysis) is 1. The van der Waals surface area contributed by atoms with Crippen molar-refractivity contribution in [3.8, 4) is 0 Å². The van der Waals surface area contributed by atoms with E-state index in [1.54, 1.807) is 18.2 Å². The minimum absolute atomic E-state index is 0.0117. The first kappa shape index (κ1) is 24.3. The second-order valence-corrected chi connectivity index (χ2v) is 8.84. The van der Waals surface area contributed by atoms with Crippen LogP contribution in [0.4, 0.5) is 10.5 Å². The Bertz CT molecular complexity index is 1040. The molecule has 0 unspecified atom stereocenters. The molecule has 1 aliphatic heterocycles. The second-order valence-electron chi connectivity index (χ2n) is 8.84. The molecular weight excluding hydrogens is 423 g/mol. The number of carboxylic acids is 1. The summed E-state index contributed by atoms with van der Waals surface area (Å²) in [7, 11) is -0.814. The van der Waals surface area contributed by atoms with E-state index in [0.717, 1.165) is 5.56 Å². The number of hydrogen-bond acceptors (Lipinski definition) is 6. The summed E-state index contributed by atoms with van der Waals surface area (Å²) in [5, 5.41) is 12.3. The molecule has 0 spiro atoms. The number of ether oxygens (including phenoxy) is 1. The lowest BCUT2D eigenvalue weighted by Gasteiger charge is -2.32. The quantitative estimate of drug-likeness (QED) is 0.430. The van der Waals surface area contributed by atoms with Crippen molar-refractivity contribution in [2.75, 3.05) is 12.3 Å². The molecule has 1 saturated heterocycles. The van der Waals surface area contributed by atoms with Crippen molar-refractivity contribution >= 4 is 30.9 Å². The molecule has 0 aromatic heterocycles. The monoisotopic (exact) mass is 452 g/mol. The molecule has 1 aliphatic rings. The van der Waals surface area contributed by atoms with Gasteiger partial charge in [-0.1, -0.05) is 42.5 Å². The van der Waals surface area contributed by atoms with Crippen LogP contribution in [0.25, 0.3) is 6.08 Å². The Balaban J connectivity index is 1.84. The van der Waals surface area contributed by atoms with Crippen molar-refractivity contribution in [3.05, 3.63) is 70.7 Å². The summed E-state index contributed by atoms with van der Waals surface area (Å²) in [5.41, 5.74) is 6.84. The number of nitrogens with two attached hydrogens (primary N) is 1. The van der Waals surface area contributed by atoms with Crippen LogP contribution in [0.5, 0.6) is 0 Å². The highest BCUT2D eigenvalue weighted by Crippen LogP contribution is 2.39. The van der Waals surface area contributed by atoms with Crippen LogP contribution in [0.1, 0.15) is 49.2 Å². The fourth-order valence-electron chi connectivity index (χ4n) is 3.26. The van der Waals surface area contributed by atoms with Gasteiger partial charge in [-0.3, -0.25) is 0 Å². The molecule has 0 aliphatic carbocycles. The molecule has 2 aromatic carbocycles. The van der Waals surface area contributed by atoms with E-state index >= 15 is 0 Å². The minimum atomic E-state index is -1.11. The number of carboxylic acid groups (broad SMARTS) is 1. The predicted octanol–water partition coefficient (Wildman–Crippen LogP) is 3.91. The van der Waals surface area contributed by atoms with Crippen molar-refractivity contribution in [2.45, 2.75) is 45.5 Å². The van der Waals surface area contributed by atoms with Crippen molar-refractivity contribution in [3.63, 3.8) is 0 Å². The number of anilines is 1. The number of hydrogen-bond donors (Lipinski definition) is 3. The van der Waals surface area contributed by atoms with E-state index in [9.17, 15) is 14.7 Å². The average Bonchev–Trinajstić information content (AvgIpc) is 2.97. The van der Waals surface area contributed by atoms with Gasteiger partial charge in [0.05, 0.1) is 16.8 Å². The Labute approximate surface area is 193 Å². The van der Waals surface area contributed by atoms with Crippen LogP contribution in [0.15, 0.2) is 54.0 Å². The third-order valence-corrected chi connectivity index (χ3v) is 5.91. The molecule has 1 amide bonds. The molecule has 0 atom stereocenters. The topological polar surface area (TPSA) is 120 Å². The highest BCUT2D eigenvalue weighted by molar-refractivity contribution is 6.56. The van der Waals surface area contributed by atoms with Gasteiger partial charge in [0.25, 0.3) is 0 Å². The van der Waals surface area contributed by atoms with Crippen molar-refractivity contribution in [1.82, 2.24) is 5.32 Å². The fourth-order valence-corrected chi connectivity index (χ4v) is 3.26. The minimum Gasteiger partial charge on any atom is -0.478 e. The summed E-state index contributed by atoms with van der Waals surface area (Å²) in [6.07, 6.45) is 0.971. The summed E-state index contributed by atoms with van der Waals surface area (Å²) < 4.78 is 17.5. The fraction of sp³-hybridized carbons (Fsp3) is 0.333. The van der Waals surface area contributed by atoms with Gasteiger partial charge in [0, 0.05) is 17.8 Å². The molecule has 9 heteroatoms. The number of carbonyl (C=O) groups is 2. The SMILES string of the molecule is CC1(C)OB(C(=Cc2c(N)cccc2C(=O)O)CNC(=O)OCc2ccccc2)OC1(C)C. The van der Waals surface area contributed by atoms with Crippen molar-refractivity contribution < 1.29 is 28.7 Å². The van der Waals surface area contributed by atoms with Crippen LogP contribution in [0.3, 0.4) is 0 Å². The van der Waals surface area contributed by atoms with Crippen LogP contribution < -0.4 is 11.1 Å². The maximum absolute atomic E-state index is 12.3. The third kappa shape index (κ3) is 5.74. The van der Waals surface area contributed by atoms with Crippen LogP contribution in [-0.4, -0.2) is 42.0 Å². The lowest BCUT2D eigenvalue weighted by molar-refractivity contribution is 0.00578. The van der Waals surface area contributed by atoms with Crippen molar-refractivity contribution in [2.24, 2.45) is 0 Å². The van der Waals surface area contributed by atoms with Gasteiger partial charge >= 0.3 is 19.2 Å². The first-order chi connectivity index (χ1) is 15.5. The van der Waals surface area contributed by atoms with Crippen LogP contribution in [-0.2, 0) is 20.7 Å². The molecular formula is C24H29BN2O6. The second kappa shape index (κ2) is 9.68. The number of amides is 1. The first-order valence-corrected chi connectivity index (χ1v) is 10.6. The molecule has 4 N–H and O–H groups in total. The highest BCUT2D eigenvalue weighted by atomic mass is 16.7. The van der Waals surface area contributed by atoms with Gasteiger partial charge in [0.15, 0.2) is 0 Å². The molecule has 2 aromatic rings. The maximum Gasteiger partial charge on any atom is 0.492 e. The first-order valence-electron chi connectivity index (χ1n) is 10.6. The molecule has 174 valence electrons. The number of carbonyl (C=O) groups excluding carboxylic acids is 1. The molecule has 1 heterocycles. The van der Waals surface area contributed by atoms with Crippen LogP contribution >= 0.6 is 0 Å². The zero-order chi connectivity index (χ0) is 24.2. The van der Waals surface area contributed by atoms with E-state index < -0.39 is 30.4 Å². The van der Waals surface area contributed by atoms with Gasteiger partial charge in [0.1, 0.15) is 6.61 Å². The highest BCUT2D eigenvalue weighted by Gasteiger charge is 2.52. The zero-order valence-corrected chi connectivity index (χ0v) is 19.3. The van der Waals surface area contributed by atoms with Gasteiger partial charge in [-0.2, -0.15) is 0 Å². The molecule has 33 heavy (non-hydrogen) atoms. The van der Waals surface area contributed by atoms with Gasteiger partial charge in [-0.05, 0) is 50.9 Å². The van der Waals surface area contributed by atoms with E-state index in [1.165, 1.54) is 6.07 Å². The summed E-state index contributed by atoms with van der Waals surface area (Å²) in [6.45, 7) is 7.77. The molecule has 0 radical (unpaired) electrons. The number of nitrogens with one attached hydrogen (secondary N) is 1. The maximum atomic E-state index is 12.3.